The molecule has 11 nitrogen and oxygen atoms in total. The molecule has 0 aliphatic carbocycles. The highest BCUT2D eigenvalue weighted by Crippen LogP contribution is 2.24. The van der Waals surface area contributed by atoms with E-state index in [1.807, 2.05) is 0 Å². The Morgan fingerprint density at radius 2 is 1.84 bits per heavy atom. The molecule has 3 aromatic rings. The van der Waals surface area contributed by atoms with Crippen LogP contribution in [0.5, 0.6) is 0 Å². The van der Waals surface area contributed by atoms with Gasteiger partial charge < -0.3 is 13.9 Å². The molecule has 0 N–H and O–H groups in total. The van der Waals surface area contributed by atoms with Crippen LogP contribution in [0, 0.1) is 13.8 Å². The van der Waals surface area contributed by atoms with Crippen molar-refractivity contribution >= 4 is 15.9 Å². The van der Waals surface area contributed by atoms with Crippen molar-refractivity contribution in [2.24, 2.45) is 0 Å². The Balaban J connectivity index is 1.35. The van der Waals surface area contributed by atoms with E-state index in [2.05, 4.69) is 20.3 Å². The van der Waals surface area contributed by atoms with Gasteiger partial charge in [0.25, 0.3) is 0 Å². The van der Waals surface area contributed by atoms with Crippen LogP contribution in [0.2, 0.25) is 0 Å². The first-order chi connectivity index (χ1) is 15.4. The van der Waals surface area contributed by atoms with E-state index in [1.165, 1.54) is 4.31 Å². The number of sulfonamides is 1. The van der Waals surface area contributed by atoms with Crippen LogP contribution < -0.4 is 0 Å². The maximum Gasteiger partial charge on any atom is 0.248 e. The molecule has 0 radical (unpaired) electrons. The summed E-state index contributed by atoms with van der Waals surface area (Å²) in [5.74, 6) is 1.02. The summed E-state index contributed by atoms with van der Waals surface area (Å²) in [6.07, 6.45) is 4.34. The number of aromatic nitrogens is 4. The summed E-state index contributed by atoms with van der Waals surface area (Å²) in [5.41, 5.74) is 1.12. The smallest absolute Gasteiger partial charge is 0.248 e. The van der Waals surface area contributed by atoms with E-state index in [4.69, 9.17) is 9.05 Å². The molecule has 3 aromatic heterocycles. The predicted molar refractivity (Wildman–Crippen MR) is 112 cm³/mol. The lowest BCUT2D eigenvalue weighted by Crippen LogP contribution is -2.37. The number of pyridine rings is 1. The lowest BCUT2D eigenvalue weighted by Gasteiger charge is -2.21. The van der Waals surface area contributed by atoms with Gasteiger partial charge in [0.2, 0.25) is 27.6 Å². The van der Waals surface area contributed by atoms with Crippen LogP contribution in [0.25, 0.3) is 11.4 Å². The first-order valence-corrected chi connectivity index (χ1v) is 11.7. The van der Waals surface area contributed by atoms with Crippen LogP contribution in [0.15, 0.2) is 38.5 Å². The van der Waals surface area contributed by atoms with Crippen LogP contribution in [0.3, 0.4) is 0 Å². The van der Waals surface area contributed by atoms with Crippen molar-refractivity contribution < 1.29 is 22.3 Å². The van der Waals surface area contributed by atoms with Crippen LogP contribution in [0.1, 0.15) is 30.2 Å². The van der Waals surface area contributed by atoms with E-state index < -0.39 is 10.0 Å². The van der Waals surface area contributed by atoms with Crippen LogP contribution in [0.4, 0.5) is 0 Å². The monoisotopic (exact) mass is 460 g/mol. The molecular formula is C20H24N6O5S. The average molecular weight is 461 g/mol. The number of hydrogen-bond donors (Lipinski definition) is 0. The molecular weight excluding hydrogens is 436 g/mol. The molecule has 170 valence electrons. The van der Waals surface area contributed by atoms with Gasteiger partial charge in [0.15, 0.2) is 5.76 Å². The Hall–Kier alpha value is -3.12. The second-order valence-corrected chi connectivity index (χ2v) is 9.41. The third kappa shape index (κ3) is 4.55. The maximum absolute atomic E-state index is 13.0. The summed E-state index contributed by atoms with van der Waals surface area (Å²) in [7, 11) is -3.73. The Kier molecular flexibility index (Phi) is 6.33. The molecule has 0 atom stereocenters. The normalized spacial score (nSPS) is 15.6. The van der Waals surface area contributed by atoms with Crippen molar-refractivity contribution in [2.75, 3.05) is 26.2 Å². The minimum Gasteiger partial charge on any atom is -0.360 e. The average Bonchev–Trinajstić information content (AvgIpc) is 3.30. The molecule has 4 heterocycles. The van der Waals surface area contributed by atoms with Crippen LogP contribution in [-0.4, -0.2) is 70.0 Å². The molecule has 0 bridgehead atoms. The van der Waals surface area contributed by atoms with E-state index in [-0.39, 0.29) is 29.5 Å². The van der Waals surface area contributed by atoms with Crippen molar-refractivity contribution in [3.63, 3.8) is 0 Å². The molecule has 0 aromatic carbocycles. The molecule has 4 rings (SSSR count). The van der Waals surface area contributed by atoms with E-state index in [1.54, 1.807) is 43.3 Å². The van der Waals surface area contributed by atoms with E-state index >= 15 is 0 Å². The van der Waals surface area contributed by atoms with Gasteiger partial charge in [-0.15, -0.1) is 0 Å². The Labute approximate surface area is 185 Å². The van der Waals surface area contributed by atoms with E-state index in [0.29, 0.717) is 49.9 Å². The Morgan fingerprint density at radius 1 is 1.06 bits per heavy atom. The van der Waals surface area contributed by atoms with Crippen molar-refractivity contribution in [3.8, 4) is 11.4 Å². The summed E-state index contributed by atoms with van der Waals surface area (Å²) in [4.78, 5) is 22.8. The van der Waals surface area contributed by atoms with E-state index in [9.17, 15) is 13.2 Å². The zero-order valence-corrected chi connectivity index (χ0v) is 18.7. The van der Waals surface area contributed by atoms with Gasteiger partial charge in [-0.05, 0) is 32.4 Å². The number of hydrogen-bond acceptors (Lipinski definition) is 9. The van der Waals surface area contributed by atoms with Gasteiger partial charge in [-0.25, -0.2) is 8.42 Å². The molecule has 0 spiro atoms. The third-order valence-corrected chi connectivity index (χ3v) is 7.48. The number of rotatable bonds is 6. The van der Waals surface area contributed by atoms with Crippen molar-refractivity contribution in [1.29, 1.82) is 0 Å². The highest BCUT2D eigenvalue weighted by molar-refractivity contribution is 7.89. The topological polar surface area (TPSA) is 136 Å². The number of nitrogens with zero attached hydrogens (tertiary/aromatic N) is 6. The molecule has 1 amide bonds. The van der Waals surface area contributed by atoms with Crippen LogP contribution in [-0.2, 0) is 21.2 Å². The molecule has 1 aliphatic rings. The first-order valence-electron chi connectivity index (χ1n) is 10.3. The minimum atomic E-state index is -3.73. The molecule has 32 heavy (non-hydrogen) atoms. The summed E-state index contributed by atoms with van der Waals surface area (Å²) in [5, 5.41) is 7.69. The third-order valence-electron chi connectivity index (χ3n) is 5.33. The molecule has 12 heteroatoms. The summed E-state index contributed by atoms with van der Waals surface area (Å²) >= 11 is 0. The van der Waals surface area contributed by atoms with Crippen molar-refractivity contribution in [3.05, 3.63) is 41.9 Å². The minimum absolute atomic E-state index is 0.0785. The summed E-state index contributed by atoms with van der Waals surface area (Å²) in [6, 6.07) is 3.55. The molecule has 1 aliphatic heterocycles. The molecule has 0 unspecified atom stereocenters. The fourth-order valence-corrected chi connectivity index (χ4v) is 5.46. The number of amides is 1. The Bertz CT molecular complexity index is 1170. The van der Waals surface area contributed by atoms with Gasteiger partial charge in [-0.2, -0.15) is 9.29 Å². The van der Waals surface area contributed by atoms with Gasteiger partial charge in [0, 0.05) is 57.0 Å². The highest BCUT2D eigenvalue weighted by atomic mass is 32.2. The van der Waals surface area contributed by atoms with Gasteiger partial charge >= 0.3 is 0 Å². The van der Waals surface area contributed by atoms with E-state index in [0.717, 1.165) is 5.56 Å². The number of carbonyl (C=O) groups is 1. The second-order valence-electron chi connectivity index (χ2n) is 7.54. The zero-order chi connectivity index (χ0) is 22.7. The molecule has 1 saturated heterocycles. The zero-order valence-electron chi connectivity index (χ0n) is 17.9. The van der Waals surface area contributed by atoms with Crippen molar-refractivity contribution in [1.82, 2.24) is 29.5 Å². The fraction of sp³-hybridized carbons (Fsp3) is 0.450. The summed E-state index contributed by atoms with van der Waals surface area (Å²) < 4.78 is 37.8. The van der Waals surface area contributed by atoms with Gasteiger partial charge in [0.1, 0.15) is 10.6 Å². The van der Waals surface area contributed by atoms with Crippen LogP contribution >= 0.6 is 0 Å². The summed E-state index contributed by atoms with van der Waals surface area (Å²) in [6.45, 7) is 4.53. The standard InChI is InChI=1S/C20H24N6O5S/c1-14-19(15(2)30-23-14)32(28,29)26-11-3-10-25(12-13-26)18(27)5-4-17-22-20(24-31-17)16-6-8-21-9-7-16/h6-9H,3-5,10-13H2,1-2H3. The largest absolute Gasteiger partial charge is 0.360 e. The number of carbonyl (C=O) groups excluding carboxylic acids is 1. The lowest BCUT2D eigenvalue weighted by molar-refractivity contribution is -0.131. The van der Waals surface area contributed by atoms with Gasteiger partial charge in [-0.3, -0.25) is 9.78 Å². The highest BCUT2D eigenvalue weighted by Gasteiger charge is 2.32. The first kappa shape index (κ1) is 22.1. The quantitative estimate of drug-likeness (QED) is 0.537. The fourth-order valence-electron chi connectivity index (χ4n) is 3.70. The second kappa shape index (κ2) is 9.17. The lowest BCUT2D eigenvalue weighted by atomic mass is 10.2. The SMILES string of the molecule is Cc1noc(C)c1S(=O)(=O)N1CCCN(C(=O)CCc2nc(-c3ccncc3)no2)CC1. The predicted octanol–water partition coefficient (Wildman–Crippen LogP) is 1.59. The van der Waals surface area contributed by atoms with Crippen molar-refractivity contribution in [2.45, 2.75) is 38.0 Å². The maximum atomic E-state index is 13.0. The molecule has 0 saturated carbocycles. The van der Waals surface area contributed by atoms with Gasteiger partial charge in [-0.1, -0.05) is 10.3 Å². The van der Waals surface area contributed by atoms with Gasteiger partial charge in [0.05, 0.1) is 0 Å². The molecule has 1 fully saturated rings. The Morgan fingerprint density at radius 3 is 2.56 bits per heavy atom. The number of aryl methyl sites for hydroxylation is 3.